The number of halogens is 1. The number of benzene rings is 2. The molecular weight excluding hydrogens is 373 g/mol. The van der Waals surface area contributed by atoms with Crippen LogP contribution in [-0.4, -0.2) is 25.1 Å². The van der Waals surface area contributed by atoms with Gasteiger partial charge in [-0.25, -0.2) is 23.3 Å². The molecule has 2 aromatic heterocycles. The number of hydrogen-bond acceptors (Lipinski definition) is 4. The summed E-state index contributed by atoms with van der Waals surface area (Å²) in [6.07, 6.45) is 0. The van der Waals surface area contributed by atoms with E-state index in [0.29, 0.717) is 17.0 Å². The molecule has 4 aromatic rings. The van der Waals surface area contributed by atoms with Gasteiger partial charge in [0.15, 0.2) is 5.65 Å². The van der Waals surface area contributed by atoms with Gasteiger partial charge < -0.3 is 5.32 Å². The van der Waals surface area contributed by atoms with Crippen molar-refractivity contribution in [2.24, 2.45) is 0 Å². The molecule has 0 bridgehead atoms. The van der Waals surface area contributed by atoms with Crippen molar-refractivity contribution in [2.75, 3.05) is 0 Å². The van der Waals surface area contributed by atoms with E-state index in [4.69, 9.17) is 0 Å². The minimum absolute atomic E-state index is 0.000685. The highest BCUT2D eigenvalue weighted by atomic mass is 19.1. The summed E-state index contributed by atoms with van der Waals surface area (Å²) >= 11 is 0. The predicted octanol–water partition coefficient (Wildman–Crippen LogP) is 2.62. The molecule has 29 heavy (non-hydrogen) atoms. The molecule has 1 amide bonds. The Morgan fingerprint density at radius 1 is 1.17 bits per heavy atom. The lowest BCUT2D eigenvalue weighted by atomic mass is 10.2. The molecular formula is C21H20FN5O2. The molecule has 0 fully saturated rings. The molecule has 8 heteroatoms. The second kappa shape index (κ2) is 7.46. The molecule has 0 aliphatic carbocycles. The first-order valence-electron chi connectivity index (χ1n) is 9.33. The van der Waals surface area contributed by atoms with Crippen LogP contribution in [0.2, 0.25) is 0 Å². The van der Waals surface area contributed by atoms with Crippen molar-refractivity contribution < 1.29 is 9.18 Å². The lowest BCUT2D eigenvalue weighted by Crippen LogP contribution is -2.33. The summed E-state index contributed by atoms with van der Waals surface area (Å²) in [5.74, 6) is -0.161. The Hall–Kier alpha value is -3.55. The van der Waals surface area contributed by atoms with Gasteiger partial charge in [-0.15, -0.1) is 5.10 Å². The monoisotopic (exact) mass is 393 g/mol. The number of amides is 1. The molecule has 2 heterocycles. The maximum Gasteiger partial charge on any atom is 0.352 e. The fourth-order valence-electron chi connectivity index (χ4n) is 3.25. The largest absolute Gasteiger partial charge is 0.352 e. The molecule has 0 aliphatic rings. The third kappa shape index (κ3) is 3.61. The van der Waals surface area contributed by atoms with E-state index in [1.165, 1.54) is 16.5 Å². The minimum Gasteiger partial charge on any atom is -0.350 e. The first kappa shape index (κ1) is 18.8. The normalized spacial score (nSPS) is 11.4. The number of carbonyl (C=O) groups excluding carboxylic acids is 1. The second-order valence-corrected chi connectivity index (χ2v) is 7.15. The summed E-state index contributed by atoms with van der Waals surface area (Å²) in [6, 6.07) is 13.4. The van der Waals surface area contributed by atoms with Crippen molar-refractivity contribution in [3.8, 4) is 0 Å². The molecule has 0 atom stereocenters. The van der Waals surface area contributed by atoms with E-state index in [2.05, 4.69) is 15.4 Å². The Kier molecular flexibility index (Phi) is 4.84. The van der Waals surface area contributed by atoms with Gasteiger partial charge in [0.1, 0.15) is 18.2 Å². The van der Waals surface area contributed by atoms with E-state index in [0.717, 1.165) is 15.6 Å². The maximum atomic E-state index is 13.3. The first-order valence-corrected chi connectivity index (χ1v) is 9.33. The summed E-state index contributed by atoms with van der Waals surface area (Å²) < 4.78 is 15.9. The summed E-state index contributed by atoms with van der Waals surface area (Å²) in [5.41, 5.74) is 1.44. The van der Waals surface area contributed by atoms with E-state index in [1.807, 2.05) is 38.1 Å². The van der Waals surface area contributed by atoms with Crippen molar-refractivity contribution in [3.05, 3.63) is 76.2 Å². The third-order valence-electron chi connectivity index (χ3n) is 4.64. The number of para-hydroxylation sites is 1. The van der Waals surface area contributed by atoms with Gasteiger partial charge in [0.2, 0.25) is 5.91 Å². The highest BCUT2D eigenvalue weighted by molar-refractivity contribution is 5.91. The molecule has 0 unspecified atom stereocenters. The number of rotatable bonds is 5. The Balaban J connectivity index is 1.66. The molecule has 148 valence electrons. The van der Waals surface area contributed by atoms with E-state index >= 15 is 0 Å². The topological polar surface area (TPSA) is 81.3 Å². The van der Waals surface area contributed by atoms with Crippen LogP contribution in [0.15, 0.2) is 53.3 Å². The zero-order valence-electron chi connectivity index (χ0n) is 16.1. The second-order valence-electron chi connectivity index (χ2n) is 7.15. The Morgan fingerprint density at radius 3 is 2.72 bits per heavy atom. The number of aromatic nitrogens is 4. The van der Waals surface area contributed by atoms with Gasteiger partial charge in [0.25, 0.3) is 0 Å². The van der Waals surface area contributed by atoms with E-state index in [-0.39, 0.29) is 30.7 Å². The minimum atomic E-state index is -0.414. The molecule has 1 N–H and O–H groups in total. The SMILES string of the molecule is CC(C)c1nc2ccccc2c2nn(CC(=O)NCc3cccc(F)c3)c(=O)n12. The number of nitrogens with one attached hydrogen (secondary N) is 1. The van der Waals surface area contributed by atoms with Gasteiger partial charge in [-0.05, 0) is 29.8 Å². The van der Waals surface area contributed by atoms with Crippen LogP contribution < -0.4 is 11.0 Å². The summed E-state index contributed by atoms with van der Waals surface area (Å²) in [5, 5.41) is 7.83. The zero-order valence-corrected chi connectivity index (χ0v) is 16.1. The van der Waals surface area contributed by atoms with Crippen molar-refractivity contribution in [1.29, 1.82) is 0 Å². The molecule has 7 nitrogen and oxygen atoms in total. The van der Waals surface area contributed by atoms with Crippen molar-refractivity contribution >= 4 is 22.5 Å². The fourth-order valence-corrected chi connectivity index (χ4v) is 3.25. The van der Waals surface area contributed by atoms with E-state index in [9.17, 15) is 14.0 Å². The van der Waals surface area contributed by atoms with E-state index < -0.39 is 5.69 Å². The van der Waals surface area contributed by atoms with Crippen LogP contribution >= 0.6 is 0 Å². The third-order valence-corrected chi connectivity index (χ3v) is 4.64. The highest BCUT2D eigenvalue weighted by Gasteiger charge is 2.18. The van der Waals surface area contributed by atoms with E-state index in [1.54, 1.807) is 12.1 Å². The van der Waals surface area contributed by atoms with Crippen LogP contribution in [0.25, 0.3) is 16.6 Å². The lowest BCUT2D eigenvalue weighted by molar-refractivity contribution is -0.122. The average molecular weight is 393 g/mol. The van der Waals surface area contributed by atoms with Gasteiger partial charge in [0, 0.05) is 17.8 Å². The molecule has 0 spiro atoms. The van der Waals surface area contributed by atoms with Gasteiger partial charge in [-0.2, -0.15) is 0 Å². The number of fused-ring (bicyclic) bond motifs is 3. The smallest absolute Gasteiger partial charge is 0.350 e. The molecule has 0 aliphatic heterocycles. The van der Waals surface area contributed by atoms with Crippen LogP contribution in [0.3, 0.4) is 0 Å². The van der Waals surface area contributed by atoms with Gasteiger partial charge in [0.05, 0.1) is 5.52 Å². The average Bonchev–Trinajstić information content (AvgIpc) is 3.02. The Bertz CT molecular complexity index is 1280. The summed E-state index contributed by atoms with van der Waals surface area (Å²) in [7, 11) is 0. The van der Waals surface area contributed by atoms with Crippen molar-refractivity contribution in [3.63, 3.8) is 0 Å². The molecule has 0 saturated heterocycles. The summed E-state index contributed by atoms with van der Waals surface area (Å²) in [4.78, 5) is 29.9. The van der Waals surface area contributed by atoms with Crippen LogP contribution in [0.1, 0.15) is 31.2 Å². The molecule has 0 saturated carbocycles. The van der Waals surface area contributed by atoms with Crippen LogP contribution in [0.4, 0.5) is 4.39 Å². The zero-order chi connectivity index (χ0) is 20.5. The molecule has 0 radical (unpaired) electrons. The Labute approximate surface area is 165 Å². The quantitative estimate of drug-likeness (QED) is 0.565. The van der Waals surface area contributed by atoms with Crippen LogP contribution in [0.5, 0.6) is 0 Å². The van der Waals surface area contributed by atoms with Gasteiger partial charge in [-0.3, -0.25) is 4.79 Å². The van der Waals surface area contributed by atoms with Crippen LogP contribution in [-0.2, 0) is 17.9 Å². The van der Waals surface area contributed by atoms with Gasteiger partial charge >= 0.3 is 5.69 Å². The van der Waals surface area contributed by atoms with Crippen molar-refractivity contribution in [1.82, 2.24) is 24.5 Å². The number of nitrogens with zero attached hydrogens (tertiary/aromatic N) is 4. The number of hydrogen-bond donors (Lipinski definition) is 1. The molecule has 4 rings (SSSR count). The van der Waals surface area contributed by atoms with Gasteiger partial charge in [-0.1, -0.05) is 38.1 Å². The fraction of sp³-hybridized carbons (Fsp3) is 0.238. The lowest BCUT2D eigenvalue weighted by Gasteiger charge is -2.08. The standard InChI is InChI=1S/C21H20FN5O2/c1-13(2)19-24-17-9-4-3-8-16(17)20-25-26(21(29)27(19)20)12-18(28)23-11-14-6-5-7-15(22)10-14/h3-10,13H,11-12H2,1-2H3,(H,23,28). The number of carbonyl (C=O) groups is 1. The predicted molar refractivity (Wildman–Crippen MR) is 107 cm³/mol. The molecule has 2 aromatic carbocycles. The first-order chi connectivity index (χ1) is 13.9. The van der Waals surface area contributed by atoms with Crippen LogP contribution in [0, 0.1) is 5.82 Å². The maximum absolute atomic E-state index is 13.3. The Morgan fingerprint density at radius 2 is 1.97 bits per heavy atom. The summed E-state index contributed by atoms with van der Waals surface area (Å²) in [6.45, 7) is 3.83. The highest BCUT2D eigenvalue weighted by Crippen LogP contribution is 2.20. The van der Waals surface area contributed by atoms with Crippen molar-refractivity contribution in [2.45, 2.75) is 32.9 Å².